The Kier molecular flexibility index (Phi) is 7.41. The lowest BCUT2D eigenvalue weighted by atomic mass is 10.1. The van der Waals surface area contributed by atoms with Crippen LogP contribution in [-0.2, 0) is 9.47 Å². The monoisotopic (exact) mass is 253 g/mol. The van der Waals surface area contributed by atoms with Gasteiger partial charge in [0.2, 0.25) is 0 Å². The number of hydrogen-bond acceptors (Lipinski definition) is 4. The van der Waals surface area contributed by atoms with Gasteiger partial charge in [0.05, 0.1) is 26.9 Å². The molecule has 0 heterocycles. The lowest BCUT2D eigenvalue weighted by Crippen LogP contribution is -2.24. The molecule has 0 fully saturated rings. The molecule has 1 atom stereocenters. The maximum absolute atomic E-state index is 5.40. The quantitative estimate of drug-likeness (QED) is 0.683. The number of ether oxygens (including phenoxy) is 3. The molecular weight excluding hydrogens is 230 g/mol. The second kappa shape index (κ2) is 8.91. The molecular formula is C14H23NO3. The molecule has 0 bridgehead atoms. The lowest BCUT2D eigenvalue weighted by molar-refractivity contribution is 0.0712. The van der Waals surface area contributed by atoms with Gasteiger partial charge in [-0.25, -0.2) is 0 Å². The van der Waals surface area contributed by atoms with Crippen LogP contribution in [0.5, 0.6) is 5.75 Å². The predicted octanol–water partition coefficient (Wildman–Crippen LogP) is 2.01. The van der Waals surface area contributed by atoms with Crippen LogP contribution in [0.3, 0.4) is 0 Å². The highest BCUT2D eigenvalue weighted by atomic mass is 16.5. The van der Waals surface area contributed by atoms with E-state index in [2.05, 4.69) is 18.3 Å². The number of benzene rings is 1. The van der Waals surface area contributed by atoms with Crippen LogP contribution in [0.1, 0.15) is 18.5 Å². The van der Waals surface area contributed by atoms with Crippen LogP contribution in [0, 0.1) is 0 Å². The van der Waals surface area contributed by atoms with Gasteiger partial charge in [0, 0.05) is 25.3 Å². The summed E-state index contributed by atoms with van der Waals surface area (Å²) < 4.78 is 15.6. The number of para-hydroxylation sites is 1. The maximum atomic E-state index is 5.40. The molecule has 1 aromatic rings. The van der Waals surface area contributed by atoms with Crippen molar-refractivity contribution in [3.63, 3.8) is 0 Å². The molecule has 0 spiro atoms. The Balaban J connectivity index is 2.29. The molecule has 0 aromatic heterocycles. The van der Waals surface area contributed by atoms with Gasteiger partial charge in [0.25, 0.3) is 0 Å². The van der Waals surface area contributed by atoms with E-state index < -0.39 is 0 Å². The molecule has 0 radical (unpaired) electrons. The average Bonchev–Trinajstić information content (AvgIpc) is 2.42. The summed E-state index contributed by atoms with van der Waals surface area (Å²) in [7, 11) is 3.37. The molecule has 0 aliphatic rings. The fraction of sp³-hybridized carbons (Fsp3) is 0.571. The smallest absolute Gasteiger partial charge is 0.123 e. The molecule has 1 N–H and O–H groups in total. The van der Waals surface area contributed by atoms with Crippen molar-refractivity contribution in [2.45, 2.75) is 13.0 Å². The minimum Gasteiger partial charge on any atom is -0.496 e. The molecule has 4 heteroatoms. The molecule has 4 nitrogen and oxygen atoms in total. The van der Waals surface area contributed by atoms with Crippen molar-refractivity contribution < 1.29 is 14.2 Å². The van der Waals surface area contributed by atoms with Gasteiger partial charge in [0.15, 0.2) is 0 Å². The van der Waals surface area contributed by atoms with Crippen LogP contribution < -0.4 is 10.1 Å². The summed E-state index contributed by atoms with van der Waals surface area (Å²) in [5, 5.41) is 3.40. The molecule has 1 rings (SSSR count). The topological polar surface area (TPSA) is 39.7 Å². The first-order valence-corrected chi connectivity index (χ1v) is 6.22. The Morgan fingerprint density at radius 2 is 1.89 bits per heavy atom. The molecule has 0 aliphatic carbocycles. The highest BCUT2D eigenvalue weighted by Crippen LogP contribution is 2.23. The minimum atomic E-state index is 0.243. The third-order valence-corrected chi connectivity index (χ3v) is 2.73. The van der Waals surface area contributed by atoms with Crippen molar-refractivity contribution in [2.75, 3.05) is 40.6 Å². The largest absolute Gasteiger partial charge is 0.496 e. The zero-order valence-corrected chi connectivity index (χ0v) is 11.4. The first-order valence-electron chi connectivity index (χ1n) is 6.22. The summed E-state index contributed by atoms with van der Waals surface area (Å²) in [6.45, 7) is 4.89. The van der Waals surface area contributed by atoms with E-state index in [0.717, 1.165) is 17.9 Å². The molecule has 0 amide bonds. The molecule has 102 valence electrons. The van der Waals surface area contributed by atoms with Crippen molar-refractivity contribution in [1.82, 2.24) is 5.32 Å². The summed E-state index contributed by atoms with van der Waals surface area (Å²) in [4.78, 5) is 0. The zero-order chi connectivity index (χ0) is 13.2. The van der Waals surface area contributed by atoms with E-state index in [-0.39, 0.29) is 6.04 Å². The highest BCUT2D eigenvalue weighted by molar-refractivity contribution is 5.35. The molecule has 1 aromatic carbocycles. The van der Waals surface area contributed by atoms with Crippen LogP contribution in [0.25, 0.3) is 0 Å². The minimum absolute atomic E-state index is 0.243. The number of nitrogens with one attached hydrogen (secondary N) is 1. The molecule has 0 saturated heterocycles. The van der Waals surface area contributed by atoms with E-state index in [0.29, 0.717) is 19.8 Å². The number of hydrogen-bond donors (Lipinski definition) is 1. The number of rotatable bonds is 9. The van der Waals surface area contributed by atoms with Gasteiger partial charge in [-0.2, -0.15) is 0 Å². The van der Waals surface area contributed by atoms with E-state index in [1.165, 1.54) is 0 Å². The average molecular weight is 253 g/mol. The Bertz CT molecular complexity index is 331. The molecule has 18 heavy (non-hydrogen) atoms. The molecule has 0 saturated carbocycles. The fourth-order valence-corrected chi connectivity index (χ4v) is 1.73. The van der Waals surface area contributed by atoms with Crippen molar-refractivity contribution in [3.05, 3.63) is 29.8 Å². The summed E-state index contributed by atoms with van der Waals surface area (Å²) in [6.07, 6.45) is 0. The SMILES string of the molecule is COCCOCCN[C@H](C)c1ccccc1OC. The molecule has 0 aliphatic heterocycles. The van der Waals surface area contributed by atoms with Crippen molar-refractivity contribution in [2.24, 2.45) is 0 Å². The summed E-state index contributed by atoms with van der Waals surface area (Å²) in [5.74, 6) is 0.915. The van der Waals surface area contributed by atoms with Crippen molar-refractivity contribution in [1.29, 1.82) is 0 Å². The van der Waals surface area contributed by atoms with E-state index in [4.69, 9.17) is 14.2 Å². The van der Waals surface area contributed by atoms with E-state index in [1.54, 1.807) is 14.2 Å². The first kappa shape index (κ1) is 15.0. The summed E-state index contributed by atoms with van der Waals surface area (Å²) >= 11 is 0. The second-order valence-corrected chi connectivity index (χ2v) is 4.02. The van der Waals surface area contributed by atoms with Gasteiger partial charge in [-0.1, -0.05) is 18.2 Å². The Morgan fingerprint density at radius 3 is 2.61 bits per heavy atom. The summed E-state index contributed by atoms with van der Waals surface area (Å²) in [6, 6.07) is 8.28. The third kappa shape index (κ3) is 5.04. The maximum Gasteiger partial charge on any atom is 0.123 e. The Labute approximate surface area is 109 Å². The normalized spacial score (nSPS) is 12.4. The highest BCUT2D eigenvalue weighted by Gasteiger charge is 2.09. The predicted molar refractivity (Wildman–Crippen MR) is 72.1 cm³/mol. The van der Waals surface area contributed by atoms with Crippen LogP contribution >= 0.6 is 0 Å². The van der Waals surface area contributed by atoms with Gasteiger partial charge in [-0.3, -0.25) is 0 Å². The Morgan fingerprint density at radius 1 is 1.11 bits per heavy atom. The van der Waals surface area contributed by atoms with Crippen molar-refractivity contribution in [3.8, 4) is 5.75 Å². The zero-order valence-electron chi connectivity index (χ0n) is 11.4. The van der Waals surface area contributed by atoms with Crippen molar-refractivity contribution >= 4 is 0 Å². The summed E-state index contributed by atoms with van der Waals surface area (Å²) in [5.41, 5.74) is 1.16. The van der Waals surface area contributed by atoms with Gasteiger partial charge < -0.3 is 19.5 Å². The van der Waals surface area contributed by atoms with Crippen LogP contribution in [0.4, 0.5) is 0 Å². The van der Waals surface area contributed by atoms with Gasteiger partial charge in [-0.05, 0) is 13.0 Å². The lowest BCUT2D eigenvalue weighted by Gasteiger charge is -2.17. The van der Waals surface area contributed by atoms with Crippen LogP contribution in [0.2, 0.25) is 0 Å². The Hall–Kier alpha value is -1.10. The van der Waals surface area contributed by atoms with E-state index >= 15 is 0 Å². The third-order valence-electron chi connectivity index (χ3n) is 2.73. The van der Waals surface area contributed by atoms with Gasteiger partial charge >= 0.3 is 0 Å². The second-order valence-electron chi connectivity index (χ2n) is 4.02. The van der Waals surface area contributed by atoms with Gasteiger partial charge in [-0.15, -0.1) is 0 Å². The van der Waals surface area contributed by atoms with E-state index in [9.17, 15) is 0 Å². The molecule has 0 unspecified atom stereocenters. The van der Waals surface area contributed by atoms with Gasteiger partial charge in [0.1, 0.15) is 5.75 Å². The number of methoxy groups -OCH3 is 2. The van der Waals surface area contributed by atoms with Crippen LogP contribution in [-0.4, -0.2) is 40.6 Å². The fourth-order valence-electron chi connectivity index (χ4n) is 1.73. The van der Waals surface area contributed by atoms with E-state index in [1.807, 2.05) is 18.2 Å². The first-order chi connectivity index (χ1) is 8.79. The standard InChI is InChI=1S/C14H23NO3/c1-12(15-8-9-18-11-10-16-2)13-6-4-5-7-14(13)17-3/h4-7,12,15H,8-11H2,1-3H3/t12-/m1/s1. The van der Waals surface area contributed by atoms with Crippen LogP contribution in [0.15, 0.2) is 24.3 Å².